The Morgan fingerprint density at radius 3 is 2.69 bits per heavy atom. The molecule has 2 saturated carbocycles. The maximum absolute atomic E-state index is 9.89. The summed E-state index contributed by atoms with van der Waals surface area (Å²) in [6.07, 6.45) is 8.25. The predicted octanol–water partition coefficient (Wildman–Crippen LogP) is 2.75. The molecule has 0 aromatic rings. The Morgan fingerprint density at radius 2 is 2.23 bits per heavy atom. The molecule has 2 aliphatic carbocycles. The summed E-state index contributed by atoms with van der Waals surface area (Å²) in [6.45, 7) is 5.57. The van der Waals surface area contributed by atoms with E-state index in [-0.39, 0.29) is 0 Å². The Bertz CT molecular complexity index is 207. The van der Waals surface area contributed by atoms with Crippen molar-refractivity contribution in [1.82, 2.24) is 0 Å². The Balaban J connectivity index is 1.93. The molecule has 0 amide bonds. The van der Waals surface area contributed by atoms with Crippen molar-refractivity contribution in [1.29, 1.82) is 0 Å². The first-order valence-corrected chi connectivity index (χ1v) is 5.47. The van der Waals surface area contributed by atoms with Gasteiger partial charge in [0.05, 0.1) is 5.60 Å². The van der Waals surface area contributed by atoms with Gasteiger partial charge in [-0.3, -0.25) is 0 Å². The van der Waals surface area contributed by atoms with E-state index in [4.69, 9.17) is 0 Å². The van der Waals surface area contributed by atoms with E-state index >= 15 is 0 Å². The molecule has 1 heteroatoms. The largest absolute Gasteiger partial charge is 0.386 e. The van der Waals surface area contributed by atoms with Gasteiger partial charge in [-0.1, -0.05) is 12.5 Å². The molecule has 0 radical (unpaired) electrons. The zero-order valence-electron chi connectivity index (χ0n) is 8.50. The summed E-state index contributed by atoms with van der Waals surface area (Å²) in [5.74, 6) is 2.67. The van der Waals surface area contributed by atoms with Crippen molar-refractivity contribution < 1.29 is 5.11 Å². The van der Waals surface area contributed by atoms with Crippen LogP contribution in [0.15, 0.2) is 12.7 Å². The highest BCUT2D eigenvalue weighted by molar-refractivity contribution is 4.98. The summed E-state index contributed by atoms with van der Waals surface area (Å²) < 4.78 is 0. The molecule has 0 aliphatic heterocycles. The van der Waals surface area contributed by atoms with Gasteiger partial charge in [0.25, 0.3) is 0 Å². The monoisotopic (exact) mass is 180 g/mol. The minimum Gasteiger partial charge on any atom is -0.386 e. The van der Waals surface area contributed by atoms with Crippen molar-refractivity contribution in [3.63, 3.8) is 0 Å². The van der Waals surface area contributed by atoms with Crippen LogP contribution in [0, 0.1) is 17.8 Å². The van der Waals surface area contributed by atoms with Crippen molar-refractivity contribution in [3.05, 3.63) is 12.7 Å². The van der Waals surface area contributed by atoms with E-state index in [1.165, 1.54) is 25.7 Å². The maximum atomic E-state index is 9.89. The summed E-state index contributed by atoms with van der Waals surface area (Å²) >= 11 is 0. The topological polar surface area (TPSA) is 20.2 Å². The van der Waals surface area contributed by atoms with E-state index in [1.54, 1.807) is 6.08 Å². The second kappa shape index (κ2) is 3.13. The zero-order valence-corrected chi connectivity index (χ0v) is 8.50. The number of hydrogen-bond donors (Lipinski definition) is 1. The SMILES string of the molecule is C=C[C@@](C)(O)C[C@@H]1C[C@@H]2CC[C@@H]1C2. The number of fused-ring (bicyclic) bond motifs is 2. The lowest BCUT2D eigenvalue weighted by atomic mass is 9.81. The van der Waals surface area contributed by atoms with Crippen LogP contribution in [0.25, 0.3) is 0 Å². The molecule has 1 nitrogen and oxygen atoms in total. The molecule has 74 valence electrons. The van der Waals surface area contributed by atoms with Crippen molar-refractivity contribution in [2.45, 2.75) is 44.6 Å². The lowest BCUT2D eigenvalue weighted by Crippen LogP contribution is -2.27. The minimum atomic E-state index is -0.630. The van der Waals surface area contributed by atoms with Crippen LogP contribution in [0.2, 0.25) is 0 Å². The van der Waals surface area contributed by atoms with Crippen LogP contribution in [-0.4, -0.2) is 10.7 Å². The summed E-state index contributed by atoms with van der Waals surface area (Å²) in [7, 11) is 0. The predicted molar refractivity (Wildman–Crippen MR) is 54.4 cm³/mol. The molecule has 1 N–H and O–H groups in total. The third kappa shape index (κ3) is 1.80. The molecule has 2 aliphatic rings. The van der Waals surface area contributed by atoms with E-state index in [0.29, 0.717) is 0 Å². The molecule has 13 heavy (non-hydrogen) atoms. The Kier molecular flexibility index (Phi) is 2.23. The standard InChI is InChI=1S/C12H20O/c1-3-12(2,13)8-11-7-9-4-5-10(11)6-9/h3,9-11,13H,1,4-8H2,2H3/t9-,10-,11+,12-/m1/s1. The van der Waals surface area contributed by atoms with E-state index in [2.05, 4.69) is 6.58 Å². The third-order valence-electron chi connectivity index (χ3n) is 4.00. The average Bonchev–Trinajstić information content (AvgIpc) is 2.64. The van der Waals surface area contributed by atoms with Crippen LogP contribution >= 0.6 is 0 Å². The summed E-state index contributed by atoms with van der Waals surface area (Å²) in [5.41, 5.74) is -0.630. The molecule has 2 fully saturated rings. The van der Waals surface area contributed by atoms with Crippen molar-refractivity contribution >= 4 is 0 Å². The van der Waals surface area contributed by atoms with Crippen LogP contribution in [0.4, 0.5) is 0 Å². The molecule has 0 heterocycles. The summed E-state index contributed by atoms with van der Waals surface area (Å²) in [4.78, 5) is 0. The minimum absolute atomic E-state index is 0.630. The number of hydrogen-bond acceptors (Lipinski definition) is 1. The van der Waals surface area contributed by atoms with E-state index in [0.717, 1.165) is 24.2 Å². The molecular weight excluding hydrogens is 160 g/mol. The fraction of sp³-hybridized carbons (Fsp3) is 0.833. The normalized spacial score (nSPS) is 41.8. The lowest BCUT2D eigenvalue weighted by molar-refractivity contribution is 0.0697. The van der Waals surface area contributed by atoms with Crippen molar-refractivity contribution in [3.8, 4) is 0 Å². The Hall–Kier alpha value is -0.300. The average molecular weight is 180 g/mol. The van der Waals surface area contributed by atoms with Crippen molar-refractivity contribution in [2.24, 2.45) is 17.8 Å². The fourth-order valence-electron chi connectivity index (χ4n) is 3.24. The van der Waals surface area contributed by atoms with Crippen LogP contribution < -0.4 is 0 Å². The molecule has 2 bridgehead atoms. The van der Waals surface area contributed by atoms with Crippen LogP contribution in [0.1, 0.15) is 39.0 Å². The maximum Gasteiger partial charge on any atom is 0.0799 e. The molecule has 2 rings (SSSR count). The highest BCUT2D eigenvalue weighted by Crippen LogP contribution is 2.50. The van der Waals surface area contributed by atoms with Gasteiger partial charge in [-0.15, -0.1) is 6.58 Å². The molecule has 0 aromatic heterocycles. The van der Waals surface area contributed by atoms with E-state index < -0.39 is 5.60 Å². The highest BCUT2D eigenvalue weighted by Gasteiger charge is 2.41. The molecule has 0 saturated heterocycles. The van der Waals surface area contributed by atoms with Crippen LogP contribution in [-0.2, 0) is 0 Å². The van der Waals surface area contributed by atoms with Crippen molar-refractivity contribution in [2.75, 3.05) is 0 Å². The van der Waals surface area contributed by atoms with Crippen LogP contribution in [0.5, 0.6) is 0 Å². The molecule has 0 unspecified atom stereocenters. The number of aliphatic hydroxyl groups is 1. The summed E-state index contributed by atoms with van der Waals surface area (Å²) in [6, 6.07) is 0. The first-order valence-electron chi connectivity index (χ1n) is 5.47. The molecule has 0 spiro atoms. The van der Waals surface area contributed by atoms with E-state index in [1.807, 2.05) is 6.92 Å². The third-order valence-corrected chi connectivity index (χ3v) is 4.00. The van der Waals surface area contributed by atoms with Gasteiger partial charge in [0.1, 0.15) is 0 Å². The Labute approximate surface area is 80.8 Å². The van der Waals surface area contributed by atoms with Gasteiger partial charge < -0.3 is 5.11 Å². The van der Waals surface area contributed by atoms with Gasteiger partial charge in [0, 0.05) is 0 Å². The van der Waals surface area contributed by atoms with E-state index in [9.17, 15) is 5.11 Å². The summed E-state index contributed by atoms with van der Waals surface area (Å²) in [5, 5.41) is 9.89. The van der Waals surface area contributed by atoms with Gasteiger partial charge in [-0.05, 0) is 50.4 Å². The second-order valence-corrected chi connectivity index (χ2v) is 5.20. The second-order valence-electron chi connectivity index (χ2n) is 5.20. The quantitative estimate of drug-likeness (QED) is 0.662. The number of rotatable bonds is 3. The highest BCUT2D eigenvalue weighted by atomic mass is 16.3. The van der Waals surface area contributed by atoms with Gasteiger partial charge in [0.15, 0.2) is 0 Å². The molecule has 0 aromatic carbocycles. The van der Waals surface area contributed by atoms with Gasteiger partial charge in [-0.25, -0.2) is 0 Å². The zero-order chi connectivity index (χ0) is 9.47. The van der Waals surface area contributed by atoms with Crippen LogP contribution in [0.3, 0.4) is 0 Å². The molecule has 4 atom stereocenters. The van der Waals surface area contributed by atoms with Gasteiger partial charge in [0.2, 0.25) is 0 Å². The molecular formula is C12H20O. The fourth-order valence-corrected chi connectivity index (χ4v) is 3.24. The van der Waals surface area contributed by atoms with Gasteiger partial charge >= 0.3 is 0 Å². The first-order chi connectivity index (χ1) is 6.11. The first kappa shape index (κ1) is 9.26. The Morgan fingerprint density at radius 1 is 1.46 bits per heavy atom. The smallest absolute Gasteiger partial charge is 0.0799 e. The lowest BCUT2D eigenvalue weighted by Gasteiger charge is -2.28. The van der Waals surface area contributed by atoms with Gasteiger partial charge in [-0.2, -0.15) is 0 Å².